The number of rotatable bonds is 7. The third-order valence-corrected chi connectivity index (χ3v) is 7.12. The molecule has 1 saturated heterocycles. The highest BCUT2D eigenvalue weighted by atomic mass is 35.5. The highest BCUT2D eigenvalue weighted by molar-refractivity contribution is 5.87. The van der Waals surface area contributed by atoms with E-state index in [1.807, 2.05) is 37.3 Å². The number of aliphatic hydroxyl groups is 1. The summed E-state index contributed by atoms with van der Waals surface area (Å²) in [4.78, 5) is 2.34. The van der Waals surface area contributed by atoms with E-state index in [1.54, 1.807) is 0 Å². The number of hydrogen-bond acceptors (Lipinski definition) is 6. The van der Waals surface area contributed by atoms with E-state index in [4.69, 9.17) is 13.7 Å². The molecule has 3 N–H and O–H groups in total. The van der Waals surface area contributed by atoms with Gasteiger partial charge in [0.15, 0.2) is 5.76 Å². The minimum Gasteiger partial charge on any atom is -0.490 e. The Kier molecular flexibility index (Phi) is 8.74. The molecule has 5 aromatic rings. The van der Waals surface area contributed by atoms with E-state index >= 15 is 0 Å². The molecule has 0 spiro atoms. The number of benzene rings is 3. The number of aryl methyl sites for hydroxylation is 1. The highest BCUT2D eigenvalue weighted by Crippen LogP contribution is 2.34. The van der Waals surface area contributed by atoms with Crippen molar-refractivity contribution < 1.29 is 24.3 Å². The maximum Gasteiger partial charge on any atom is 0.202 e. The van der Waals surface area contributed by atoms with Crippen molar-refractivity contribution in [1.29, 1.82) is 0 Å². The van der Waals surface area contributed by atoms with Crippen molar-refractivity contribution >= 4 is 34.1 Å². The molecule has 7 nitrogen and oxygen atoms in total. The van der Waals surface area contributed by atoms with Crippen molar-refractivity contribution in [3.05, 3.63) is 84.1 Å². The number of hydrogen-bond donors (Lipinski definition) is 1. The predicted octanol–water partition coefficient (Wildman–Crippen LogP) is 5.77. The fourth-order valence-corrected chi connectivity index (χ4v) is 5.21. The van der Waals surface area contributed by atoms with Crippen LogP contribution in [0.25, 0.3) is 33.3 Å². The Morgan fingerprint density at radius 3 is 2.53 bits per heavy atom. The molecule has 1 aliphatic heterocycles. The normalized spacial score (nSPS) is 15.2. The van der Waals surface area contributed by atoms with E-state index in [0.29, 0.717) is 35.3 Å². The van der Waals surface area contributed by atoms with Gasteiger partial charge in [-0.3, -0.25) is 0 Å². The summed E-state index contributed by atoms with van der Waals surface area (Å²) >= 11 is 0. The first kappa shape index (κ1) is 27.7. The molecule has 0 bridgehead atoms. The second kappa shape index (κ2) is 12.0. The number of fused-ring (bicyclic) bond motifs is 2. The summed E-state index contributed by atoms with van der Waals surface area (Å²) in [6.07, 6.45) is 1.63. The summed E-state index contributed by atoms with van der Waals surface area (Å²) in [5.41, 5.74) is 2.93. The largest absolute Gasteiger partial charge is 0.490 e. The van der Waals surface area contributed by atoms with Crippen LogP contribution < -0.4 is 4.74 Å². The van der Waals surface area contributed by atoms with Crippen LogP contribution in [0.15, 0.2) is 81.7 Å². The van der Waals surface area contributed by atoms with Crippen molar-refractivity contribution in [2.24, 2.45) is 0 Å². The van der Waals surface area contributed by atoms with Gasteiger partial charge < -0.3 is 29.2 Å². The molecule has 1 fully saturated rings. The topological polar surface area (TPSA) is 103 Å². The third kappa shape index (κ3) is 5.87. The molecule has 200 valence electrons. The Balaban J connectivity index is 0.00000168. The lowest BCUT2D eigenvalue weighted by Gasteiger charge is -2.33. The monoisotopic (exact) mass is 536 g/mol. The Morgan fingerprint density at radius 2 is 1.76 bits per heavy atom. The van der Waals surface area contributed by atoms with Gasteiger partial charge in [0.25, 0.3) is 0 Å². The number of β-amino-alcohol motifs (C(OH)–C–C–N with tert-alkyl or cyclic N) is 1. The average molecular weight is 537 g/mol. The molecule has 38 heavy (non-hydrogen) atoms. The lowest BCUT2D eigenvalue weighted by molar-refractivity contribution is 0.0599. The summed E-state index contributed by atoms with van der Waals surface area (Å²) in [5.74, 6) is 2.45. The van der Waals surface area contributed by atoms with E-state index in [0.717, 1.165) is 37.0 Å². The van der Waals surface area contributed by atoms with Gasteiger partial charge in [0.2, 0.25) is 5.76 Å². The van der Waals surface area contributed by atoms with Gasteiger partial charge in [-0.05, 0) is 73.3 Å². The Morgan fingerprint density at radius 1 is 0.974 bits per heavy atom. The number of piperidine rings is 1. The fraction of sp³-hybridized carbons (Fsp3) is 0.300. The predicted molar refractivity (Wildman–Crippen MR) is 151 cm³/mol. The van der Waals surface area contributed by atoms with Crippen molar-refractivity contribution in [1.82, 2.24) is 10.1 Å². The SMILES string of the molecule is Cc1cc(-c2cc3c(OC[C@@H](O)CN4CCC(c5ccc6ccccc6c5)CC4)cccc3o2)on1.Cl.O. The smallest absolute Gasteiger partial charge is 0.202 e. The number of aromatic nitrogens is 1. The first-order valence-corrected chi connectivity index (χ1v) is 12.6. The number of aliphatic hydroxyl groups excluding tert-OH is 1. The van der Waals surface area contributed by atoms with Crippen LogP contribution in [-0.4, -0.2) is 53.0 Å². The zero-order chi connectivity index (χ0) is 24.5. The van der Waals surface area contributed by atoms with Crippen molar-refractivity contribution in [3.8, 4) is 17.3 Å². The van der Waals surface area contributed by atoms with Gasteiger partial charge in [-0.25, -0.2) is 0 Å². The molecular formula is C30H33ClN2O5. The Labute approximate surface area is 227 Å². The molecule has 0 saturated carbocycles. The first-order valence-electron chi connectivity index (χ1n) is 12.6. The number of nitrogens with zero attached hydrogens (tertiary/aromatic N) is 2. The molecule has 3 heterocycles. The third-order valence-electron chi connectivity index (χ3n) is 7.12. The van der Waals surface area contributed by atoms with Crippen molar-refractivity contribution in [3.63, 3.8) is 0 Å². The van der Waals surface area contributed by atoms with E-state index < -0.39 is 6.10 Å². The summed E-state index contributed by atoms with van der Waals surface area (Å²) in [5, 5.41) is 18.1. The van der Waals surface area contributed by atoms with Crippen LogP contribution in [0, 0.1) is 6.92 Å². The average Bonchev–Trinajstić information content (AvgIpc) is 3.54. The molecule has 0 amide bonds. The van der Waals surface area contributed by atoms with E-state index in [1.165, 1.54) is 16.3 Å². The number of likely N-dealkylation sites (tertiary alicyclic amines) is 1. The zero-order valence-electron chi connectivity index (χ0n) is 21.3. The van der Waals surface area contributed by atoms with Crippen LogP contribution in [0.3, 0.4) is 0 Å². The summed E-state index contributed by atoms with van der Waals surface area (Å²) in [6, 6.07) is 24.8. The van der Waals surface area contributed by atoms with Gasteiger partial charge in [0.1, 0.15) is 24.0 Å². The number of ether oxygens (including phenoxy) is 1. The molecule has 0 aliphatic carbocycles. The van der Waals surface area contributed by atoms with Crippen LogP contribution in [0.4, 0.5) is 0 Å². The molecule has 2 aromatic heterocycles. The maximum absolute atomic E-state index is 10.7. The van der Waals surface area contributed by atoms with Crippen LogP contribution >= 0.6 is 12.4 Å². The molecule has 1 atom stereocenters. The van der Waals surface area contributed by atoms with Crippen LogP contribution in [0.1, 0.15) is 30.0 Å². The first-order chi connectivity index (χ1) is 17.6. The standard InChI is InChI=1S/C30H30N2O4.ClH.H2O/c1-20-15-30(36-31-20)29-17-26-27(7-4-8-28(26)35-29)34-19-25(33)18-32-13-11-22(12-14-32)24-10-9-21-5-2-3-6-23(21)16-24;;/h2-10,15-17,22,25,33H,11-14,18-19H2,1H3;1H;1H2/t25-;;/m0../s1. The van der Waals surface area contributed by atoms with Crippen molar-refractivity contribution in [2.45, 2.75) is 31.8 Å². The quantitative estimate of drug-likeness (QED) is 0.283. The Hall–Kier alpha value is -3.36. The summed E-state index contributed by atoms with van der Waals surface area (Å²) in [6.45, 7) is 4.66. The van der Waals surface area contributed by atoms with Crippen LogP contribution in [-0.2, 0) is 0 Å². The second-order valence-corrected chi connectivity index (χ2v) is 9.76. The summed E-state index contributed by atoms with van der Waals surface area (Å²) < 4.78 is 17.3. The van der Waals surface area contributed by atoms with E-state index in [-0.39, 0.29) is 24.5 Å². The lowest BCUT2D eigenvalue weighted by atomic mass is 9.88. The maximum atomic E-state index is 10.7. The van der Waals surface area contributed by atoms with Gasteiger partial charge in [0.05, 0.1) is 11.1 Å². The molecule has 0 unspecified atom stereocenters. The second-order valence-electron chi connectivity index (χ2n) is 9.76. The van der Waals surface area contributed by atoms with Gasteiger partial charge in [-0.1, -0.05) is 53.7 Å². The van der Waals surface area contributed by atoms with Crippen molar-refractivity contribution in [2.75, 3.05) is 26.2 Å². The minimum atomic E-state index is -0.569. The molecule has 1 aliphatic rings. The van der Waals surface area contributed by atoms with E-state index in [9.17, 15) is 5.11 Å². The zero-order valence-corrected chi connectivity index (χ0v) is 22.1. The van der Waals surface area contributed by atoms with Gasteiger partial charge in [-0.2, -0.15) is 0 Å². The lowest BCUT2D eigenvalue weighted by Crippen LogP contribution is -2.40. The van der Waals surface area contributed by atoms with Gasteiger partial charge in [-0.15, -0.1) is 12.4 Å². The molecule has 6 rings (SSSR count). The van der Waals surface area contributed by atoms with Crippen LogP contribution in [0.2, 0.25) is 0 Å². The van der Waals surface area contributed by atoms with Crippen LogP contribution in [0.5, 0.6) is 5.75 Å². The van der Waals surface area contributed by atoms with Gasteiger partial charge >= 0.3 is 0 Å². The molecular weight excluding hydrogens is 504 g/mol. The fourth-order valence-electron chi connectivity index (χ4n) is 5.21. The Bertz CT molecular complexity index is 1490. The highest BCUT2D eigenvalue weighted by Gasteiger charge is 2.23. The number of furan rings is 1. The van der Waals surface area contributed by atoms with E-state index in [2.05, 4.69) is 52.5 Å². The summed E-state index contributed by atoms with van der Waals surface area (Å²) in [7, 11) is 0. The minimum absolute atomic E-state index is 0. The number of halogens is 1. The molecule has 0 radical (unpaired) electrons. The molecule has 3 aromatic carbocycles. The molecule has 8 heteroatoms. The van der Waals surface area contributed by atoms with Gasteiger partial charge in [0, 0.05) is 12.6 Å².